The second kappa shape index (κ2) is 7.21. The van der Waals surface area contributed by atoms with Crippen LogP contribution in [0.4, 0.5) is 0 Å². The van der Waals surface area contributed by atoms with E-state index in [1.165, 1.54) is 6.27 Å². The SMILES string of the molecule is [Cl-].[Cl-].c1c[pH][c]([Zr+2][c]2ncc[pH]2)n1. The van der Waals surface area contributed by atoms with Gasteiger partial charge in [0.15, 0.2) is 0 Å². The molecular weight excluding hydrogens is 324 g/mol. The van der Waals surface area contributed by atoms with Crippen molar-refractivity contribution in [3.05, 3.63) is 24.0 Å². The van der Waals surface area contributed by atoms with Crippen LogP contribution in [0.1, 0.15) is 0 Å². The molecule has 2 unspecified atom stereocenters. The average molecular weight is 330 g/mol. The summed E-state index contributed by atoms with van der Waals surface area (Å²) in [6, 6.07) is 0. The Morgan fingerprint density at radius 2 is 1.38 bits per heavy atom. The first kappa shape index (κ1) is 13.9. The maximum atomic E-state index is 4.32. The zero-order valence-corrected chi connectivity index (χ0v) is 12.4. The topological polar surface area (TPSA) is 25.8 Å². The summed E-state index contributed by atoms with van der Waals surface area (Å²) in [7, 11) is 1.73. The second-order valence-corrected chi connectivity index (χ2v) is 9.59. The molecule has 2 heterocycles. The van der Waals surface area contributed by atoms with Gasteiger partial charge in [-0.1, -0.05) is 0 Å². The van der Waals surface area contributed by atoms with Crippen molar-refractivity contribution in [1.29, 1.82) is 0 Å². The number of hydrogen-bond acceptors (Lipinski definition) is 2. The molecule has 2 aromatic heterocycles. The zero-order chi connectivity index (χ0) is 7.52. The first-order valence-electron chi connectivity index (χ1n) is 3.21. The van der Waals surface area contributed by atoms with Gasteiger partial charge in [-0.2, -0.15) is 0 Å². The van der Waals surface area contributed by atoms with E-state index in [-0.39, 0.29) is 24.8 Å². The van der Waals surface area contributed by atoms with Crippen molar-refractivity contribution in [2.24, 2.45) is 0 Å². The first-order valence-corrected chi connectivity index (χ1v) is 7.82. The monoisotopic (exact) mass is 328 g/mol. The van der Waals surface area contributed by atoms with E-state index >= 15 is 0 Å². The predicted octanol–water partition coefficient (Wildman–Crippen LogP) is -5.42. The fraction of sp³-hybridized carbons (Fsp3) is 0. The molecule has 2 aromatic rings. The summed E-state index contributed by atoms with van der Waals surface area (Å²) in [6.07, 6.45) is 3.86. The molecule has 0 aromatic carbocycles. The van der Waals surface area contributed by atoms with Gasteiger partial charge >= 0.3 is 79.8 Å². The summed E-state index contributed by atoms with van der Waals surface area (Å²) in [5.41, 5.74) is 0. The zero-order valence-electron chi connectivity index (χ0n) is 6.46. The molecule has 0 bridgehead atoms. The number of halogens is 2. The van der Waals surface area contributed by atoms with E-state index in [4.69, 9.17) is 0 Å². The van der Waals surface area contributed by atoms with Crippen molar-refractivity contribution in [2.75, 3.05) is 0 Å². The van der Waals surface area contributed by atoms with E-state index in [0.29, 0.717) is 0 Å². The van der Waals surface area contributed by atoms with E-state index < -0.39 is 23.2 Å². The van der Waals surface area contributed by atoms with Crippen molar-refractivity contribution in [1.82, 2.24) is 9.97 Å². The van der Waals surface area contributed by atoms with E-state index in [9.17, 15) is 0 Å². The minimum absolute atomic E-state index is 0. The summed E-state index contributed by atoms with van der Waals surface area (Å²) in [5, 5.41) is 0. The standard InChI is InChI=1S/2C3H3NP.2ClH.Zr/c2*1-2-5-3-4-1;;;/h2*1-2,5H;2*1H;/q;;;;+2/p-2. The van der Waals surface area contributed by atoms with Crippen LogP contribution in [-0.2, 0) is 23.2 Å². The van der Waals surface area contributed by atoms with Crippen LogP contribution in [-0.4, -0.2) is 9.97 Å². The van der Waals surface area contributed by atoms with Crippen LogP contribution >= 0.6 is 16.4 Å². The van der Waals surface area contributed by atoms with Crippen molar-refractivity contribution >= 4 is 22.7 Å². The molecule has 0 saturated carbocycles. The second-order valence-electron chi connectivity index (χ2n) is 2.00. The summed E-state index contributed by atoms with van der Waals surface area (Å²) < 4.78 is 2.90. The molecule has 0 aliphatic carbocycles. The van der Waals surface area contributed by atoms with Gasteiger partial charge in [0.05, 0.1) is 0 Å². The molecule has 2 rings (SSSR count). The quantitative estimate of drug-likeness (QED) is 0.550. The van der Waals surface area contributed by atoms with Crippen molar-refractivity contribution in [2.45, 2.75) is 0 Å². The third-order valence-corrected chi connectivity index (χ3v) is 8.08. The molecule has 0 amide bonds. The third kappa shape index (κ3) is 4.28. The molecule has 0 aliphatic rings. The molecular formula is C6H6Cl2N2P2Zr. The number of hydrogen-bond donors (Lipinski definition) is 0. The maximum absolute atomic E-state index is 4.32. The van der Waals surface area contributed by atoms with E-state index in [0.717, 1.165) is 16.4 Å². The van der Waals surface area contributed by atoms with Gasteiger partial charge in [-0.15, -0.1) is 0 Å². The van der Waals surface area contributed by atoms with Crippen LogP contribution in [0.25, 0.3) is 0 Å². The Kier molecular flexibility index (Phi) is 7.70. The number of aromatic nitrogens is 2. The van der Waals surface area contributed by atoms with Gasteiger partial charge in [-0.25, -0.2) is 0 Å². The van der Waals surface area contributed by atoms with Crippen molar-refractivity contribution < 1.29 is 48.0 Å². The Morgan fingerprint density at radius 1 is 0.923 bits per heavy atom. The Hall–Kier alpha value is 0.883. The average Bonchev–Trinajstić information content (AvgIpc) is 2.60. The molecule has 0 fully saturated rings. The van der Waals surface area contributed by atoms with Gasteiger partial charge in [-0.3, -0.25) is 0 Å². The fourth-order valence-corrected chi connectivity index (χ4v) is 7.50. The van der Waals surface area contributed by atoms with Crippen molar-refractivity contribution in [3.63, 3.8) is 0 Å². The summed E-state index contributed by atoms with van der Waals surface area (Å²) in [6.45, 7) is 0. The first-order chi connectivity index (χ1) is 5.45. The van der Waals surface area contributed by atoms with E-state index in [1.54, 1.807) is 0 Å². The summed E-state index contributed by atoms with van der Waals surface area (Å²) in [5.74, 6) is 4.31. The molecule has 2 atom stereocenters. The molecule has 7 heteroatoms. The van der Waals surface area contributed by atoms with Gasteiger partial charge in [0, 0.05) is 0 Å². The van der Waals surface area contributed by atoms with Crippen LogP contribution in [0.15, 0.2) is 24.0 Å². The Labute approximate surface area is 104 Å². The van der Waals surface area contributed by atoms with E-state index in [1.807, 2.05) is 12.4 Å². The minimum atomic E-state index is -0.509. The summed E-state index contributed by atoms with van der Waals surface area (Å²) >= 11 is -0.509. The Morgan fingerprint density at radius 3 is 1.69 bits per heavy atom. The van der Waals surface area contributed by atoms with E-state index in [2.05, 4.69) is 21.6 Å². The predicted molar refractivity (Wildman–Crippen MR) is 46.7 cm³/mol. The van der Waals surface area contributed by atoms with Crippen LogP contribution in [0, 0.1) is 0 Å². The third-order valence-electron chi connectivity index (χ3n) is 1.23. The van der Waals surface area contributed by atoms with Gasteiger partial charge in [0.25, 0.3) is 0 Å². The molecule has 0 aliphatic heterocycles. The van der Waals surface area contributed by atoms with Gasteiger partial charge in [-0.05, 0) is 0 Å². The van der Waals surface area contributed by atoms with Crippen LogP contribution in [0.5, 0.6) is 0 Å². The molecule has 68 valence electrons. The normalized spacial score (nSPS) is 9.23. The molecule has 2 nitrogen and oxygen atoms in total. The van der Waals surface area contributed by atoms with Crippen LogP contribution in [0.2, 0.25) is 0 Å². The molecule has 0 N–H and O–H groups in total. The molecule has 0 radical (unpaired) electrons. The molecule has 0 spiro atoms. The van der Waals surface area contributed by atoms with Crippen LogP contribution < -0.4 is 31.1 Å². The summed E-state index contributed by atoms with van der Waals surface area (Å²) in [4.78, 5) is 8.64. The number of rotatable bonds is 2. The molecule has 13 heavy (non-hydrogen) atoms. The van der Waals surface area contributed by atoms with Crippen LogP contribution in [0.3, 0.4) is 0 Å². The van der Waals surface area contributed by atoms with Gasteiger partial charge in [0.2, 0.25) is 0 Å². The van der Waals surface area contributed by atoms with Gasteiger partial charge in [0.1, 0.15) is 0 Å². The fourth-order valence-electron chi connectivity index (χ4n) is 0.779. The van der Waals surface area contributed by atoms with Gasteiger partial charge < -0.3 is 24.8 Å². The number of nitrogens with zero attached hydrogens (tertiary/aromatic N) is 2. The van der Waals surface area contributed by atoms with Crippen molar-refractivity contribution in [3.8, 4) is 0 Å². The molecule has 0 saturated heterocycles. The Bertz CT molecular complexity index is 279. The Balaban J connectivity index is 0.000000720.